The van der Waals surface area contributed by atoms with E-state index in [0.717, 1.165) is 0 Å². The van der Waals surface area contributed by atoms with Crippen LogP contribution in [0.15, 0.2) is 0 Å². The van der Waals surface area contributed by atoms with Gasteiger partial charge in [0, 0.05) is 25.5 Å². The van der Waals surface area contributed by atoms with Gasteiger partial charge in [0.05, 0.1) is 6.07 Å². The minimum atomic E-state index is 0.0917. The summed E-state index contributed by atoms with van der Waals surface area (Å²) in [4.78, 5) is 0. The molecule has 0 saturated heterocycles. The van der Waals surface area contributed by atoms with Crippen LogP contribution in [0, 0.1) is 17.2 Å². The fourth-order valence-corrected chi connectivity index (χ4v) is 0.619. The second-order valence-electron chi connectivity index (χ2n) is 1.97. The molecule has 0 aromatic carbocycles. The van der Waals surface area contributed by atoms with E-state index in [1.165, 1.54) is 0 Å². The van der Waals surface area contributed by atoms with Crippen LogP contribution in [-0.4, -0.2) is 25.3 Å². The maximum Gasteiger partial charge on any atom is 0.0626 e. The lowest BCUT2D eigenvalue weighted by molar-refractivity contribution is 0.227. The van der Waals surface area contributed by atoms with Gasteiger partial charge in [0.1, 0.15) is 0 Å². The van der Waals surface area contributed by atoms with Gasteiger partial charge in [0.2, 0.25) is 0 Å². The number of nitriles is 1. The standard InChI is InChI=1S/C6H12N2O/c1-8-4-6(5-9)2-3-7/h6,8-9H,2,4-5H2,1H3/t6-/m1/s1. The largest absolute Gasteiger partial charge is 0.396 e. The Morgan fingerprint density at radius 3 is 2.78 bits per heavy atom. The average molecular weight is 128 g/mol. The Balaban J connectivity index is 3.32. The monoisotopic (exact) mass is 128 g/mol. The van der Waals surface area contributed by atoms with Crippen LogP contribution in [0.4, 0.5) is 0 Å². The molecule has 0 saturated carbocycles. The molecule has 2 N–H and O–H groups in total. The van der Waals surface area contributed by atoms with Crippen LogP contribution < -0.4 is 5.32 Å². The van der Waals surface area contributed by atoms with Gasteiger partial charge in [-0.2, -0.15) is 5.26 Å². The fourth-order valence-electron chi connectivity index (χ4n) is 0.619. The van der Waals surface area contributed by atoms with E-state index in [1.807, 2.05) is 6.07 Å². The summed E-state index contributed by atoms with van der Waals surface area (Å²) in [5.41, 5.74) is 0. The lowest BCUT2D eigenvalue weighted by Gasteiger charge is -2.06. The quantitative estimate of drug-likeness (QED) is 0.548. The van der Waals surface area contributed by atoms with Crippen molar-refractivity contribution >= 4 is 0 Å². The van der Waals surface area contributed by atoms with Gasteiger partial charge in [-0.3, -0.25) is 0 Å². The van der Waals surface area contributed by atoms with Gasteiger partial charge < -0.3 is 10.4 Å². The minimum absolute atomic E-state index is 0.0917. The van der Waals surface area contributed by atoms with Crippen molar-refractivity contribution in [2.24, 2.45) is 5.92 Å². The number of hydrogen-bond acceptors (Lipinski definition) is 3. The number of nitrogens with one attached hydrogen (secondary N) is 1. The normalized spacial score (nSPS) is 12.6. The summed E-state index contributed by atoms with van der Waals surface area (Å²) >= 11 is 0. The third kappa shape index (κ3) is 3.95. The summed E-state index contributed by atoms with van der Waals surface area (Å²) in [7, 11) is 1.81. The van der Waals surface area contributed by atoms with Crippen molar-refractivity contribution in [1.82, 2.24) is 5.32 Å². The van der Waals surface area contributed by atoms with Crippen LogP contribution >= 0.6 is 0 Å². The zero-order chi connectivity index (χ0) is 7.11. The molecule has 0 aliphatic carbocycles. The number of aliphatic hydroxyl groups excluding tert-OH is 1. The van der Waals surface area contributed by atoms with E-state index in [2.05, 4.69) is 5.32 Å². The first kappa shape index (κ1) is 8.41. The van der Waals surface area contributed by atoms with Crippen molar-refractivity contribution in [3.05, 3.63) is 0 Å². The zero-order valence-corrected chi connectivity index (χ0v) is 5.59. The van der Waals surface area contributed by atoms with Crippen molar-refractivity contribution in [2.75, 3.05) is 20.2 Å². The summed E-state index contributed by atoms with van der Waals surface area (Å²) in [5.74, 6) is 0.0972. The number of nitrogens with zero attached hydrogens (tertiary/aromatic N) is 1. The summed E-state index contributed by atoms with van der Waals surface area (Å²) in [6.45, 7) is 0.804. The smallest absolute Gasteiger partial charge is 0.0626 e. The van der Waals surface area contributed by atoms with Crippen LogP contribution in [0.2, 0.25) is 0 Å². The molecule has 0 unspecified atom stereocenters. The predicted octanol–water partition coefficient (Wildman–Crippen LogP) is -0.272. The van der Waals surface area contributed by atoms with Crippen molar-refractivity contribution in [1.29, 1.82) is 5.26 Å². The van der Waals surface area contributed by atoms with Crippen LogP contribution in [0.3, 0.4) is 0 Å². The molecule has 0 rings (SSSR count). The minimum Gasteiger partial charge on any atom is -0.396 e. The van der Waals surface area contributed by atoms with Crippen LogP contribution in [-0.2, 0) is 0 Å². The molecule has 0 bridgehead atoms. The molecular formula is C6H12N2O. The zero-order valence-electron chi connectivity index (χ0n) is 5.59. The van der Waals surface area contributed by atoms with Gasteiger partial charge in [0.15, 0.2) is 0 Å². The molecule has 52 valence electrons. The Morgan fingerprint density at radius 2 is 2.44 bits per heavy atom. The molecule has 3 heteroatoms. The Bertz CT molecular complexity index is 97.7. The Kier molecular flexibility index (Phi) is 5.18. The summed E-state index contributed by atoms with van der Waals surface area (Å²) in [6, 6.07) is 2.00. The molecule has 0 aromatic heterocycles. The van der Waals surface area contributed by atoms with Crippen molar-refractivity contribution in [3.63, 3.8) is 0 Å². The third-order valence-electron chi connectivity index (χ3n) is 1.13. The maximum absolute atomic E-state index is 8.60. The SMILES string of the molecule is CNC[C@H](CO)CC#N. The molecule has 3 nitrogen and oxygen atoms in total. The highest BCUT2D eigenvalue weighted by Gasteiger charge is 2.03. The second kappa shape index (κ2) is 5.54. The summed E-state index contributed by atoms with van der Waals surface area (Å²) < 4.78 is 0. The summed E-state index contributed by atoms with van der Waals surface area (Å²) in [6.07, 6.45) is 0.428. The van der Waals surface area contributed by atoms with Gasteiger partial charge in [0.25, 0.3) is 0 Å². The Hall–Kier alpha value is -0.590. The average Bonchev–Trinajstić information content (AvgIpc) is 1.88. The van der Waals surface area contributed by atoms with E-state index in [-0.39, 0.29) is 12.5 Å². The van der Waals surface area contributed by atoms with Gasteiger partial charge in [-0.25, -0.2) is 0 Å². The van der Waals surface area contributed by atoms with Crippen molar-refractivity contribution in [2.45, 2.75) is 6.42 Å². The molecule has 9 heavy (non-hydrogen) atoms. The molecule has 0 aromatic rings. The van der Waals surface area contributed by atoms with E-state index in [1.54, 1.807) is 7.05 Å². The van der Waals surface area contributed by atoms with Crippen molar-refractivity contribution < 1.29 is 5.11 Å². The van der Waals surface area contributed by atoms with E-state index in [4.69, 9.17) is 10.4 Å². The molecule has 0 aliphatic rings. The molecule has 0 fully saturated rings. The first-order valence-corrected chi connectivity index (χ1v) is 2.97. The molecule has 0 amide bonds. The highest BCUT2D eigenvalue weighted by atomic mass is 16.3. The van der Waals surface area contributed by atoms with Gasteiger partial charge in [-0.05, 0) is 7.05 Å². The molecule has 0 spiro atoms. The molecular weight excluding hydrogens is 116 g/mol. The first-order valence-electron chi connectivity index (χ1n) is 2.97. The van der Waals surface area contributed by atoms with Gasteiger partial charge in [-0.15, -0.1) is 0 Å². The number of aliphatic hydroxyl groups is 1. The topological polar surface area (TPSA) is 56.0 Å². The fraction of sp³-hybridized carbons (Fsp3) is 0.833. The Morgan fingerprint density at radius 1 is 1.78 bits per heavy atom. The number of hydrogen-bond donors (Lipinski definition) is 2. The second-order valence-corrected chi connectivity index (χ2v) is 1.97. The van der Waals surface area contributed by atoms with E-state index < -0.39 is 0 Å². The maximum atomic E-state index is 8.60. The molecule has 0 radical (unpaired) electrons. The third-order valence-corrected chi connectivity index (χ3v) is 1.13. The lowest BCUT2D eigenvalue weighted by atomic mass is 10.1. The predicted molar refractivity (Wildman–Crippen MR) is 34.7 cm³/mol. The molecule has 1 atom stereocenters. The first-order chi connectivity index (χ1) is 4.35. The highest BCUT2D eigenvalue weighted by molar-refractivity contribution is 4.75. The van der Waals surface area contributed by atoms with Gasteiger partial charge in [-0.1, -0.05) is 0 Å². The highest BCUT2D eigenvalue weighted by Crippen LogP contribution is 1.96. The van der Waals surface area contributed by atoms with E-state index in [0.29, 0.717) is 13.0 Å². The lowest BCUT2D eigenvalue weighted by Crippen LogP contribution is -2.21. The summed E-state index contributed by atoms with van der Waals surface area (Å²) in [5, 5.41) is 19.7. The Labute approximate surface area is 55.3 Å². The van der Waals surface area contributed by atoms with Crippen LogP contribution in [0.25, 0.3) is 0 Å². The molecule has 0 aliphatic heterocycles. The van der Waals surface area contributed by atoms with E-state index in [9.17, 15) is 0 Å². The van der Waals surface area contributed by atoms with Crippen LogP contribution in [0.1, 0.15) is 6.42 Å². The number of rotatable bonds is 4. The van der Waals surface area contributed by atoms with E-state index >= 15 is 0 Å². The van der Waals surface area contributed by atoms with Gasteiger partial charge >= 0.3 is 0 Å². The van der Waals surface area contributed by atoms with Crippen LogP contribution in [0.5, 0.6) is 0 Å². The van der Waals surface area contributed by atoms with Crippen molar-refractivity contribution in [3.8, 4) is 6.07 Å². The molecule has 0 heterocycles.